The lowest BCUT2D eigenvalue weighted by molar-refractivity contribution is -0.402. The molecule has 1 aliphatic rings. The smallest absolute Gasteiger partial charge is 0.400 e. The van der Waals surface area contributed by atoms with Crippen molar-refractivity contribution in [3.05, 3.63) is 91.8 Å². The van der Waals surface area contributed by atoms with Gasteiger partial charge in [-0.05, 0) is 61.4 Å². The molecule has 0 unspecified atom stereocenters. The lowest BCUT2D eigenvalue weighted by Gasteiger charge is -2.26. The number of rotatable bonds is 7. The molecule has 4 aromatic rings. The number of benzene rings is 2. The summed E-state index contributed by atoms with van der Waals surface area (Å²) >= 11 is 1.36. The van der Waals surface area contributed by atoms with Crippen LogP contribution in [-0.4, -0.2) is 54.8 Å². The molecule has 2 aromatic carbocycles. The van der Waals surface area contributed by atoms with Gasteiger partial charge in [0, 0.05) is 24.0 Å². The van der Waals surface area contributed by atoms with Crippen molar-refractivity contribution in [1.82, 2.24) is 8.98 Å². The fraction of sp³-hybridized carbons (Fsp3) is 0.231. The highest BCUT2D eigenvalue weighted by atomic mass is 32.2. The molecule has 0 N–H and O–H groups in total. The van der Waals surface area contributed by atoms with E-state index in [1.165, 1.54) is 46.1 Å². The van der Waals surface area contributed by atoms with Crippen molar-refractivity contribution < 1.29 is 22.5 Å². The van der Waals surface area contributed by atoms with Gasteiger partial charge in [-0.3, -0.25) is 10.1 Å². The van der Waals surface area contributed by atoms with E-state index in [1.54, 1.807) is 16.8 Å². The highest BCUT2D eigenvalue weighted by Gasteiger charge is 2.26. The minimum Gasteiger partial charge on any atom is -0.400 e. The van der Waals surface area contributed by atoms with E-state index in [1.807, 2.05) is 31.4 Å². The van der Waals surface area contributed by atoms with Crippen molar-refractivity contribution in [3.8, 4) is 11.3 Å². The molecule has 0 amide bonds. The number of aromatic nitrogens is 1. The Bertz CT molecular complexity index is 1710. The molecule has 1 fully saturated rings. The third-order valence-electron chi connectivity index (χ3n) is 6.25. The molecule has 1 aliphatic heterocycles. The Hall–Kier alpha value is -3.91. The fourth-order valence-electron chi connectivity index (χ4n) is 3.95. The first-order valence-electron chi connectivity index (χ1n) is 12.0. The second kappa shape index (κ2) is 11.1. The molecule has 1 saturated heterocycles. The van der Waals surface area contributed by atoms with Gasteiger partial charge in [0.25, 0.3) is 0 Å². The van der Waals surface area contributed by atoms with E-state index < -0.39 is 14.9 Å². The molecule has 5 rings (SSSR count). The van der Waals surface area contributed by atoms with Crippen LogP contribution in [0.2, 0.25) is 0 Å². The highest BCUT2D eigenvalue weighted by molar-refractivity contribution is 7.89. The van der Waals surface area contributed by atoms with E-state index in [0.717, 1.165) is 22.4 Å². The van der Waals surface area contributed by atoms with Crippen LogP contribution in [0.4, 0.5) is 11.6 Å². The van der Waals surface area contributed by atoms with Crippen molar-refractivity contribution in [2.75, 3.05) is 26.3 Å². The number of nitro groups is 1. The van der Waals surface area contributed by atoms with Crippen molar-refractivity contribution in [2.45, 2.75) is 18.7 Å². The Morgan fingerprint density at radius 2 is 1.77 bits per heavy atom. The molecule has 13 heteroatoms. The normalized spacial score (nSPS) is 15.3. The zero-order chi connectivity index (χ0) is 27.6. The number of morpholine rings is 1. The predicted octanol–water partition coefficient (Wildman–Crippen LogP) is 4.47. The van der Waals surface area contributed by atoms with Crippen LogP contribution < -0.4 is 4.80 Å². The van der Waals surface area contributed by atoms with Gasteiger partial charge < -0.3 is 9.15 Å². The number of nitrogens with zero attached hydrogens (tertiary/aromatic N) is 5. The van der Waals surface area contributed by atoms with E-state index >= 15 is 0 Å². The van der Waals surface area contributed by atoms with Crippen molar-refractivity contribution >= 4 is 39.1 Å². The number of furan rings is 1. The third kappa shape index (κ3) is 5.76. The molecule has 202 valence electrons. The second-order valence-electron chi connectivity index (χ2n) is 8.81. The van der Waals surface area contributed by atoms with Gasteiger partial charge in [-0.2, -0.15) is 9.41 Å². The first kappa shape index (κ1) is 26.7. The third-order valence-corrected chi connectivity index (χ3v) is 8.98. The quantitative estimate of drug-likeness (QED) is 0.184. The minimum atomic E-state index is -3.62. The van der Waals surface area contributed by atoms with Crippen molar-refractivity contribution in [3.63, 3.8) is 0 Å². The van der Waals surface area contributed by atoms with Crippen LogP contribution in [0.25, 0.3) is 11.3 Å². The zero-order valence-electron chi connectivity index (χ0n) is 21.2. The van der Waals surface area contributed by atoms with Gasteiger partial charge in [-0.15, -0.1) is 11.3 Å². The molecule has 0 spiro atoms. The topological polar surface area (TPSA) is 133 Å². The summed E-state index contributed by atoms with van der Waals surface area (Å²) in [6, 6.07) is 15.2. The van der Waals surface area contributed by atoms with Gasteiger partial charge in [0.2, 0.25) is 14.8 Å². The van der Waals surface area contributed by atoms with Gasteiger partial charge in [0.1, 0.15) is 4.92 Å². The van der Waals surface area contributed by atoms with Crippen LogP contribution in [0.1, 0.15) is 16.9 Å². The molecular formula is C26H25N5O6S2. The number of thiazole rings is 1. The summed E-state index contributed by atoms with van der Waals surface area (Å²) in [7, 11) is -3.62. The standard InChI is InChI=1S/C26H25N5O6S2/c1-18-3-4-20(15-19(18)2)24-17-38-26(30(24)27-16-22-7-10-25(37-22)31(32)33)28-21-5-8-23(9-6-21)39(34,35)29-11-13-36-14-12-29/h3-10,15-17H,11-14H2,1-2H3. The SMILES string of the molecule is Cc1ccc(-c2csc(=Nc3ccc(S(=O)(=O)N4CCOCC4)cc3)n2N=Cc2ccc([N+](=O)[O-])o2)cc1C. The van der Waals surface area contributed by atoms with Gasteiger partial charge in [0.05, 0.1) is 41.8 Å². The van der Waals surface area contributed by atoms with Gasteiger partial charge in [-0.25, -0.2) is 18.1 Å². The molecule has 3 heterocycles. The number of sulfonamides is 1. The second-order valence-corrected chi connectivity index (χ2v) is 11.6. The van der Waals surface area contributed by atoms with Crippen LogP contribution in [-0.2, 0) is 14.8 Å². The van der Waals surface area contributed by atoms with E-state index in [2.05, 4.69) is 11.2 Å². The summed E-state index contributed by atoms with van der Waals surface area (Å²) in [5.41, 5.74) is 4.51. The zero-order valence-corrected chi connectivity index (χ0v) is 22.8. The summed E-state index contributed by atoms with van der Waals surface area (Å²) in [5, 5.41) is 17.4. The van der Waals surface area contributed by atoms with Gasteiger partial charge >= 0.3 is 5.88 Å². The Morgan fingerprint density at radius 3 is 2.44 bits per heavy atom. The average Bonchev–Trinajstić information content (AvgIpc) is 3.57. The molecule has 0 aliphatic carbocycles. The number of ether oxygens (including phenoxy) is 1. The maximum Gasteiger partial charge on any atom is 0.433 e. The molecule has 11 nitrogen and oxygen atoms in total. The predicted molar refractivity (Wildman–Crippen MR) is 147 cm³/mol. The summed E-state index contributed by atoms with van der Waals surface area (Å²) in [5.74, 6) is -0.159. The Kier molecular flexibility index (Phi) is 7.57. The number of aryl methyl sites for hydroxylation is 2. The minimum absolute atomic E-state index is 0.190. The highest BCUT2D eigenvalue weighted by Crippen LogP contribution is 2.25. The Balaban J connectivity index is 1.53. The van der Waals surface area contributed by atoms with Gasteiger partial charge in [-0.1, -0.05) is 12.1 Å². The van der Waals surface area contributed by atoms with Crippen LogP contribution in [0.5, 0.6) is 0 Å². The van der Waals surface area contributed by atoms with Crippen LogP contribution in [0.15, 0.2) is 79.4 Å². The van der Waals surface area contributed by atoms with Crippen LogP contribution >= 0.6 is 11.3 Å². The maximum atomic E-state index is 13.0. The molecule has 2 aromatic heterocycles. The fourth-order valence-corrected chi connectivity index (χ4v) is 6.22. The summed E-state index contributed by atoms with van der Waals surface area (Å²) in [6.07, 6.45) is 1.39. The first-order chi connectivity index (χ1) is 18.7. The molecule has 0 radical (unpaired) electrons. The largest absolute Gasteiger partial charge is 0.433 e. The number of hydrogen-bond acceptors (Lipinski definition) is 9. The lowest BCUT2D eigenvalue weighted by atomic mass is 10.1. The lowest BCUT2D eigenvalue weighted by Crippen LogP contribution is -2.40. The monoisotopic (exact) mass is 567 g/mol. The first-order valence-corrected chi connectivity index (χ1v) is 14.3. The molecule has 0 atom stereocenters. The van der Waals surface area contributed by atoms with Crippen LogP contribution in [0.3, 0.4) is 0 Å². The van der Waals surface area contributed by atoms with Crippen molar-refractivity contribution in [1.29, 1.82) is 0 Å². The Labute approximate surface area is 228 Å². The van der Waals surface area contributed by atoms with E-state index in [9.17, 15) is 18.5 Å². The van der Waals surface area contributed by atoms with E-state index in [0.29, 0.717) is 36.8 Å². The Morgan fingerprint density at radius 1 is 1.03 bits per heavy atom. The summed E-state index contributed by atoms with van der Waals surface area (Å²) in [4.78, 5) is 15.8. The van der Waals surface area contributed by atoms with Gasteiger partial charge in [0.15, 0.2) is 5.76 Å². The maximum absolute atomic E-state index is 13.0. The molecule has 39 heavy (non-hydrogen) atoms. The van der Waals surface area contributed by atoms with Crippen LogP contribution in [0, 0.1) is 24.0 Å². The summed E-state index contributed by atoms with van der Waals surface area (Å²) in [6.45, 7) is 5.45. The molecule has 0 bridgehead atoms. The van der Waals surface area contributed by atoms with E-state index in [-0.39, 0.29) is 16.5 Å². The average molecular weight is 568 g/mol. The molecule has 0 saturated carbocycles. The summed E-state index contributed by atoms with van der Waals surface area (Å²) < 4.78 is 39.4. The number of hydrogen-bond donors (Lipinski definition) is 0. The van der Waals surface area contributed by atoms with Crippen molar-refractivity contribution in [2.24, 2.45) is 10.1 Å². The van der Waals surface area contributed by atoms with E-state index in [4.69, 9.17) is 14.1 Å². The molecular weight excluding hydrogens is 542 g/mol.